The summed E-state index contributed by atoms with van der Waals surface area (Å²) in [6.07, 6.45) is 0. The summed E-state index contributed by atoms with van der Waals surface area (Å²) in [4.78, 5) is 19.3. The van der Waals surface area contributed by atoms with Crippen LogP contribution in [0.2, 0.25) is 0 Å². The number of ketones is 1. The van der Waals surface area contributed by atoms with Gasteiger partial charge in [-0.05, 0) is 50.2 Å². The number of methoxy groups -OCH3 is 2. The van der Waals surface area contributed by atoms with E-state index < -0.39 is 0 Å². The molecule has 3 N–H and O–H groups in total. The normalized spacial score (nSPS) is 10.3. The lowest BCUT2D eigenvalue weighted by atomic mass is 10.1. The van der Waals surface area contributed by atoms with Crippen LogP contribution < -0.4 is 25.4 Å². The molecule has 166 valence electrons. The van der Waals surface area contributed by atoms with Crippen LogP contribution in [-0.4, -0.2) is 33.1 Å². The lowest BCUT2D eigenvalue weighted by Gasteiger charge is -2.20. The first-order valence-corrected chi connectivity index (χ1v) is 11.0. The summed E-state index contributed by atoms with van der Waals surface area (Å²) < 4.78 is 10.6. The van der Waals surface area contributed by atoms with Crippen molar-refractivity contribution in [3.63, 3.8) is 0 Å². The number of anilines is 4. The van der Waals surface area contributed by atoms with E-state index >= 15 is 0 Å². The van der Waals surface area contributed by atoms with Crippen LogP contribution in [0.1, 0.15) is 29.1 Å². The second-order valence-electron chi connectivity index (χ2n) is 6.88. The van der Waals surface area contributed by atoms with E-state index in [0.29, 0.717) is 32.6 Å². The number of carbonyl (C=O) groups is 1. The third-order valence-electron chi connectivity index (χ3n) is 5.14. The van der Waals surface area contributed by atoms with Gasteiger partial charge in [-0.2, -0.15) is 0 Å². The van der Waals surface area contributed by atoms with Crippen LogP contribution >= 0.6 is 11.3 Å². The van der Waals surface area contributed by atoms with E-state index in [1.54, 1.807) is 44.6 Å². The van der Waals surface area contributed by atoms with Gasteiger partial charge in [0.15, 0.2) is 11.5 Å². The van der Waals surface area contributed by atoms with Crippen molar-refractivity contribution in [2.24, 2.45) is 0 Å². The van der Waals surface area contributed by atoms with Gasteiger partial charge in [0.2, 0.25) is 11.5 Å². The highest BCUT2D eigenvalue weighted by molar-refractivity contribution is 7.19. The molecule has 7 nitrogen and oxygen atoms in total. The molecule has 32 heavy (non-hydrogen) atoms. The van der Waals surface area contributed by atoms with Crippen LogP contribution in [0.3, 0.4) is 0 Å². The summed E-state index contributed by atoms with van der Waals surface area (Å²) in [5.74, 6) is 0.943. The summed E-state index contributed by atoms with van der Waals surface area (Å²) in [7, 11) is 3.12. The molecule has 0 saturated carbocycles. The van der Waals surface area contributed by atoms with Crippen molar-refractivity contribution in [1.29, 1.82) is 0 Å². The molecule has 0 fully saturated rings. The van der Waals surface area contributed by atoms with Gasteiger partial charge in [-0.15, -0.1) is 11.3 Å². The summed E-state index contributed by atoms with van der Waals surface area (Å²) in [5, 5.41) is 3.69. The van der Waals surface area contributed by atoms with E-state index in [-0.39, 0.29) is 17.2 Å². The number of hydrogen-bond acceptors (Lipinski definition) is 7. The molecule has 0 unspecified atom stereocenters. The number of nitrogen functional groups attached to an aromatic ring is 1. The number of ether oxygens (including phenoxy) is 2. The maximum absolute atomic E-state index is 13.2. The van der Waals surface area contributed by atoms with Crippen molar-refractivity contribution in [3.8, 4) is 11.5 Å². The number of nitrogens with two attached hydrogens (primary N) is 1. The minimum Gasteiger partial charge on any atom is -0.493 e. The molecule has 0 saturated heterocycles. The molecule has 3 rings (SSSR count). The topological polar surface area (TPSA) is 81.2 Å². The van der Waals surface area contributed by atoms with Crippen molar-refractivity contribution in [1.82, 2.24) is 0 Å². The zero-order chi connectivity index (χ0) is 23.3. The standard InChI is InChI=1S/C24H26N4O3S/c1-6-28(7-2)17-11-8-15(9-12-17)22(29)23-20(25)21(26-3)24(32-23)27-16-10-13-18(30-4)19(14-16)31-5/h8-14,27H,6-7,25H2,1-2,4-5H3. The minimum atomic E-state index is -0.205. The van der Waals surface area contributed by atoms with Crippen LogP contribution in [0.4, 0.5) is 27.8 Å². The summed E-state index contributed by atoms with van der Waals surface area (Å²) in [6.45, 7) is 13.5. The van der Waals surface area contributed by atoms with E-state index in [0.717, 1.165) is 18.8 Å². The molecule has 0 radical (unpaired) electrons. The predicted octanol–water partition coefficient (Wildman–Crippen LogP) is 5.72. The average Bonchev–Trinajstić information content (AvgIpc) is 3.14. The predicted molar refractivity (Wildman–Crippen MR) is 131 cm³/mol. The first-order chi connectivity index (χ1) is 15.5. The minimum absolute atomic E-state index is 0.186. The number of rotatable bonds is 9. The van der Waals surface area contributed by atoms with E-state index in [1.807, 2.05) is 12.1 Å². The van der Waals surface area contributed by atoms with Gasteiger partial charge in [0.1, 0.15) is 5.00 Å². The van der Waals surface area contributed by atoms with Gasteiger partial charge < -0.3 is 25.4 Å². The van der Waals surface area contributed by atoms with Gasteiger partial charge in [0.05, 0.1) is 31.4 Å². The molecule has 0 aliphatic rings. The Morgan fingerprint density at radius 2 is 1.75 bits per heavy atom. The zero-order valence-corrected chi connectivity index (χ0v) is 19.4. The Morgan fingerprint density at radius 1 is 1.09 bits per heavy atom. The average molecular weight is 451 g/mol. The number of carbonyl (C=O) groups excluding carboxylic acids is 1. The monoisotopic (exact) mass is 450 g/mol. The number of thiophene rings is 1. The second kappa shape index (κ2) is 10.1. The second-order valence-corrected chi connectivity index (χ2v) is 7.90. The number of hydrogen-bond donors (Lipinski definition) is 2. The highest BCUT2D eigenvalue weighted by Crippen LogP contribution is 2.45. The molecule has 0 amide bonds. The Morgan fingerprint density at radius 3 is 2.31 bits per heavy atom. The molecule has 1 aromatic heterocycles. The Balaban J connectivity index is 1.91. The molecule has 0 aliphatic heterocycles. The van der Waals surface area contributed by atoms with Crippen LogP contribution in [0.15, 0.2) is 42.5 Å². The van der Waals surface area contributed by atoms with E-state index in [4.69, 9.17) is 21.8 Å². The fourth-order valence-electron chi connectivity index (χ4n) is 3.39. The van der Waals surface area contributed by atoms with Crippen LogP contribution in [0.5, 0.6) is 11.5 Å². The lowest BCUT2D eigenvalue weighted by Crippen LogP contribution is -2.21. The smallest absolute Gasteiger partial charge is 0.243 e. The van der Waals surface area contributed by atoms with E-state index in [1.165, 1.54) is 11.3 Å². The highest BCUT2D eigenvalue weighted by Gasteiger charge is 2.23. The summed E-state index contributed by atoms with van der Waals surface area (Å²) in [5.41, 5.74) is 8.91. The SMILES string of the molecule is [C-]#[N+]c1c(Nc2ccc(OC)c(OC)c2)sc(C(=O)c2ccc(N(CC)CC)cc2)c1N. The van der Waals surface area contributed by atoms with Gasteiger partial charge in [-0.3, -0.25) is 4.79 Å². The zero-order valence-electron chi connectivity index (χ0n) is 18.6. The van der Waals surface area contributed by atoms with E-state index in [2.05, 4.69) is 28.9 Å². The van der Waals surface area contributed by atoms with Crippen molar-refractivity contribution in [2.75, 3.05) is 43.3 Å². The van der Waals surface area contributed by atoms with Gasteiger partial charge in [-0.1, -0.05) is 0 Å². The van der Waals surface area contributed by atoms with Gasteiger partial charge in [-0.25, -0.2) is 4.85 Å². The Labute approximate surface area is 192 Å². The maximum Gasteiger partial charge on any atom is 0.243 e. The van der Waals surface area contributed by atoms with Crippen LogP contribution in [-0.2, 0) is 0 Å². The van der Waals surface area contributed by atoms with Crippen molar-refractivity contribution in [2.45, 2.75) is 13.8 Å². The van der Waals surface area contributed by atoms with Crippen LogP contribution in [0, 0.1) is 6.57 Å². The number of nitrogens with one attached hydrogen (secondary N) is 1. The van der Waals surface area contributed by atoms with Crippen LogP contribution in [0.25, 0.3) is 4.85 Å². The maximum atomic E-state index is 13.2. The highest BCUT2D eigenvalue weighted by atomic mass is 32.1. The van der Waals surface area contributed by atoms with E-state index in [9.17, 15) is 4.79 Å². The summed E-state index contributed by atoms with van der Waals surface area (Å²) in [6, 6.07) is 12.8. The Hall–Kier alpha value is -3.70. The molecule has 0 bridgehead atoms. The molecule has 0 atom stereocenters. The number of nitrogens with zero attached hydrogens (tertiary/aromatic N) is 2. The molecule has 0 spiro atoms. The van der Waals surface area contributed by atoms with Gasteiger partial charge in [0.25, 0.3) is 0 Å². The molecule has 0 aliphatic carbocycles. The fraction of sp³-hybridized carbons (Fsp3) is 0.250. The van der Waals surface area contributed by atoms with Gasteiger partial charge in [0, 0.05) is 36.1 Å². The molecular weight excluding hydrogens is 424 g/mol. The Kier molecular flexibility index (Phi) is 7.23. The Bertz CT molecular complexity index is 1150. The molecule has 1 heterocycles. The third-order valence-corrected chi connectivity index (χ3v) is 6.25. The third kappa shape index (κ3) is 4.48. The molecule has 3 aromatic rings. The van der Waals surface area contributed by atoms with Crippen molar-refractivity contribution >= 4 is 44.9 Å². The summed E-state index contributed by atoms with van der Waals surface area (Å²) >= 11 is 1.17. The lowest BCUT2D eigenvalue weighted by molar-refractivity contribution is 0.104. The largest absolute Gasteiger partial charge is 0.493 e. The first-order valence-electron chi connectivity index (χ1n) is 10.2. The van der Waals surface area contributed by atoms with Gasteiger partial charge >= 0.3 is 0 Å². The number of benzene rings is 2. The quantitative estimate of drug-likeness (QED) is 0.321. The van der Waals surface area contributed by atoms with Crippen molar-refractivity contribution < 1.29 is 14.3 Å². The molecule has 8 heteroatoms. The molecule has 2 aromatic carbocycles. The van der Waals surface area contributed by atoms with Crippen molar-refractivity contribution in [3.05, 3.63) is 64.3 Å². The molecular formula is C24H26N4O3S. The first kappa shape index (κ1) is 23.0. The fourth-order valence-corrected chi connectivity index (χ4v) is 4.43.